The lowest BCUT2D eigenvalue weighted by molar-refractivity contribution is -0.184. The molecule has 0 aliphatic heterocycles. The SMILES string of the molecule is O=C(O)c1ccc2c(OCC3CCC(C(F)(F)F)CC3)nc(Cl)cc2c1. The Balaban J connectivity index is 1.70. The predicted octanol–water partition coefficient (Wildman–Crippen LogP) is 5.33. The number of ether oxygens (including phenoxy) is 1. The summed E-state index contributed by atoms with van der Waals surface area (Å²) < 4.78 is 43.9. The van der Waals surface area contributed by atoms with E-state index < -0.39 is 18.1 Å². The minimum Gasteiger partial charge on any atom is -0.478 e. The van der Waals surface area contributed by atoms with Crippen molar-refractivity contribution in [3.05, 3.63) is 35.0 Å². The third kappa shape index (κ3) is 4.20. The number of aromatic carboxylic acids is 1. The van der Waals surface area contributed by atoms with E-state index in [1.165, 1.54) is 12.1 Å². The van der Waals surface area contributed by atoms with E-state index in [9.17, 15) is 18.0 Å². The summed E-state index contributed by atoms with van der Waals surface area (Å²) in [6.45, 7) is 0.258. The van der Waals surface area contributed by atoms with E-state index in [2.05, 4.69) is 4.98 Å². The van der Waals surface area contributed by atoms with Crippen molar-refractivity contribution >= 4 is 28.3 Å². The molecule has 1 saturated carbocycles. The number of carboxylic acid groups (broad SMARTS) is 1. The number of aromatic nitrogens is 1. The van der Waals surface area contributed by atoms with Crippen molar-refractivity contribution in [3.63, 3.8) is 0 Å². The second-order valence-electron chi connectivity index (χ2n) is 6.56. The molecule has 0 unspecified atom stereocenters. The highest BCUT2D eigenvalue weighted by Crippen LogP contribution is 2.39. The third-order valence-electron chi connectivity index (χ3n) is 4.78. The molecule has 3 rings (SSSR count). The first-order valence-electron chi connectivity index (χ1n) is 8.27. The molecule has 8 heteroatoms. The van der Waals surface area contributed by atoms with E-state index >= 15 is 0 Å². The summed E-state index contributed by atoms with van der Waals surface area (Å²) in [5.74, 6) is -1.98. The second-order valence-corrected chi connectivity index (χ2v) is 6.95. The van der Waals surface area contributed by atoms with Crippen molar-refractivity contribution in [2.24, 2.45) is 11.8 Å². The maximum Gasteiger partial charge on any atom is 0.391 e. The van der Waals surface area contributed by atoms with E-state index in [1.54, 1.807) is 12.1 Å². The van der Waals surface area contributed by atoms with Gasteiger partial charge in [-0.15, -0.1) is 0 Å². The maximum absolute atomic E-state index is 12.7. The van der Waals surface area contributed by atoms with E-state index in [0.29, 0.717) is 23.6 Å². The van der Waals surface area contributed by atoms with Gasteiger partial charge in [0.2, 0.25) is 5.88 Å². The van der Waals surface area contributed by atoms with Crippen molar-refractivity contribution in [1.29, 1.82) is 0 Å². The van der Waals surface area contributed by atoms with Crippen LogP contribution in [-0.2, 0) is 0 Å². The summed E-state index contributed by atoms with van der Waals surface area (Å²) in [6.07, 6.45) is -3.00. The molecule has 1 N–H and O–H groups in total. The molecule has 1 heterocycles. The van der Waals surface area contributed by atoms with Crippen LogP contribution in [0.3, 0.4) is 0 Å². The fraction of sp³-hybridized carbons (Fsp3) is 0.444. The van der Waals surface area contributed by atoms with Gasteiger partial charge in [-0.3, -0.25) is 0 Å². The number of carboxylic acids is 1. The van der Waals surface area contributed by atoms with Gasteiger partial charge < -0.3 is 9.84 Å². The predicted molar refractivity (Wildman–Crippen MR) is 90.7 cm³/mol. The van der Waals surface area contributed by atoms with Gasteiger partial charge in [-0.05, 0) is 61.3 Å². The van der Waals surface area contributed by atoms with Gasteiger partial charge in [0.15, 0.2) is 0 Å². The van der Waals surface area contributed by atoms with Crippen molar-refractivity contribution < 1.29 is 27.8 Å². The first-order chi connectivity index (χ1) is 12.2. The van der Waals surface area contributed by atoms with Crippen LogP contribution in [0.5, 0.6) is 5.88 Å². The van der Waals surface area contributed by atoms with Crippen LogP contribution in [-0.4, -0.2) is 28.8 Å². The van der Waals surface area contributed by atoms with Crippen LogP contribution in [0.4, 0.5) is 13.2 Å². The average Bonchev–Trinajstić information content (AvgIpc) is 2.58. The molecule has 1 aliphatic carbocycles. The lowest BCUT2D eigenvalue weighted by Gasteiger charge is -2.29. The van der Waals surface area contributed by atoms with Gasteiger partial charge in [-0.25, -0.2) is 9.78 Å². The summed E-state index contributed by atoms with van der Waals surface area (Å²) in [7, 11) is 0. The Morgan fingerprint density at radius 1 is 1.23 bits per heavy atom. The molecule has 4 nitrogen and oxygen atoms in total. The second kappa shape index (κ2) is 7.31. The number of alkyl halides is 3. The zero-order valence-electron chi connectivity index (χ0n) is 13.7. The summed E-state index contributed by atoms with van der Waals surface area (Å²) in [5, 5.41) is 10.4. The molecule has 1 fully saturated rings. The largest absolute Gasteiger partial charge is 0.478 e. The van der Waals surface area contributed by atoms with Crippen LogP contribution >= 0.6 is 11.6 Å². The highest BCUT2D eigenvalue weighted by Gasteiger charge is 2.41. The smallest absolute Gasteiger partial charge is 0.391 e. The number of hydrogen-bond acceptors (Lipinski definition) is 3. The first kappa shape index (κ1) is 18.8. The highest BCUT2D eigenvalue weighted by molar-refractivity contribution is 6.30. The van der Waals surface area contributed by atoms with Gasteiger partial charge in [-0.2, -0.15) is 13.2 Å². The van der Waals surface area contributed by atoms with Crippen LogP contribution < -0.4 is 4.74 Å². The standard InChI is InChI=1S/C18H17ClF3NO3/c19-15-8-12-7-11(17(24)25)3-6-14(12)16(23-15)26-9-10-1-4-13(5-2-10)18(20,21)22/h3,6-8,10,13H,1-2,4-5,9H2,(H,24,25). The number of pyridine rings is 1. The Morgan fingerprint density at radius 2 is 1.92 bits per heavy atom. The molecule has 1 aromatic heterocycles. The highest BCUT2D eigenvalue weighted by atomic mass is 35.5. The van der Waals surface area contributed by atoms with Crippen LogP contribution in [0.15, 0.2) is 24.3 Å². The number of fused-ring (bicyclic) bond motifs is 1. The normalized spacial score (nSPS) is 20.9. The fourth-order valence-corrected chi connectivity index (χ4v) is 3.49. The molecule has 0 bridgehead atoms. The molecule has 1 aliphatic rings. The first-order valence-corrected chi connectivity index (χ1v) is 8.65. The van der Waals surface area contributed by atoms with Gasteiger partial charge in [0.05, 0.1) is 18.1 Å². The van der Waals surface area contributed by atoms with Crippen molar-refractivity contribution in [3.8, 4) is 5.88 Å². The van der Waals surface area contributed by atoms with Crippen molar-refractivity contribution in [1.82, 2.24) is 4.98 Å². The van der Waals surface area contributed by atoms with E-state index in [1.807, 2.05) is 0 Å². The average molecular weight is 388 g/mol. The Hall–Kier alpha value is -2.02. The van der Waals surface area contributed by atoms with Crippen LogP contribution in [0.1, 0.15) is 36.0 Å². The lowest BCUT2D eigenvalue weighted by atomic mass is 9.82. The van der Waals surface area contributed by atoms with Crippen LogP contribution in [0.2, 0.25) is 5.15 Å². The molecule has 0 amide bonds. The quantitative estimate of drug-likeness (QED) is 0.720. The fourth-order valence-electron chi connectivity index (χ4n) is 3.29. The maximum atomic E-state index is 12.7. The molecule has 0 radical (unpaired) electrons. The Bertz CT molecular complexity index is 817. The summed E-state index contributed by atoms with van der Waals surface area (Å²) in [6, 6.07) is 6.07. The molecule has 0 atom stereocenters. The van der Waals surface area contributed by atoms with E-state index in [4.69, 9.17) is 21.4 Å². The number of carbonyl (C=O) groups is 1. The third-order valence-corrected chi connectivity index (χ3v) is 4.97. The number of hydrogen-bond donors (Lipinski definition) is 1. The molecule has 2 aromatic rings. The molecule has 0 spiro atoms. The molecule has 26 heavy (non-hydrogen) atoms. The van der Waals surface area contributed by atoms with Gasteiger partial charge in [0.1, 0.15) is 5.15 Å². The van der Waals surface area contributed by atoms with Gasteiger partial charge in [0, 0.05) is 5.39 Å². The number of benzene rings is 1. The Morgan fingerprint density at radius 3 is 2.54 bits per heavy atom. The zero-order chi connectivity index (χ0) is 18.9. The molecular formula is C18H17ClF3NO3. The minimum atomic E-state index is -4.13. The van der Waals surface area contributed by atoms with Crippen LogP contribution in [0.25, 0.3) is 10.8 Å². The number of halogens is 4. The minimum absolute atomic E-state index is 0.0303. The summed E-state index contributed by atoms with van der Waals surface area (Å²) in [5.41, 5.74) is 0.121. The topological polar surface area (TPSA) is 59.4 Å². The summed E-state index contributed by atoms with van der Waals surface area (Å²) >= 11 is 5.98. The summed E-state index contributed by atoms with van der Waals surface area (Å²) in [4.78, 5) is 15.2. The molecule has 1 aromatic carbocycles. The number of rotatable bonds is 4. The van der Waals surface area contributed by atoms with Crippen molar-refractivity contribution in [2.45, 2.75) is 31.9 Å². The molecular weight excluding hydrogens is 371 g/mol. The molecule has 140 valence electrons. The number of nitrogens with zero attached hydrogens (tertiary/aromatic N) is 1. The van der Waals surface area contributed by atoms with Gasteiger partial charge in [0.25, 0.3) is 0 Å². The van der Waals surface area contributed by atoms with E-state index in [-0.39, 0.29) is 42.0 Å². The zero-order valence-corrected chi connectivity index (χ0v) is 14.5. The van der Waals surface area contributed by atoms with E-state index in [0.717, 1.165) is 0 Å². The van der Waals surface area contributed by atoms with Crippen molar-refractivity contribution in [2.75, 3.05) is 6.61 Å². The van der Waals surface area contributed by atoms with Gasteiger partial charge >= 0.3 is 12.1 Å². The Kier molecular flexibility index (Phi) is 5.27. The Labute approximate surface area is 152 Å². The monoisotopic (exact) mass is 387 g/mol. The van der Waals surface area contributed by atoms with Crippen LogP contribution in [0, 0.1) is 11.8 Å². The molecule has 0 saturated heterocycles. The lowest BCUT2D eigenvalue weighted by Crippen LogP contribution is -2.29. The van der Waals surface area contributed by atoms with Gasteiger partial charge in [-0.1, -0.05) is 11.6 Å².